The van der Waals surface area contributed by atoms with Crippen molar-refractivity contribution in [3.8, 4) is 5.75 Å². The highest BCUT2D eigenvalue weighted by Gasteiger charge is 2.21. The van der Waals surface area contributed by atoms with Gasteiger partial charge in [0, 0.05) is 5.56 Å². The number of para-hydroxylation sites is 1. The molecule has 0 heterocycles. The first-order valence-electron chi connectivity index (χ1n) is 4.08. The Bertz CT molecular complexity index is 308. The van der Waals surface area contributed by atoms with Crippen LogP contribution in [0.1, 0.15) is 19.4 Å². The summed E-state index contributed by atoms with van der Waals surface area (Å²) in [6.45, 7) is 3.66. The number of nitrogens with one attached hydrogen (secondary N) is 1. The van der Waals surface area contributed by atoms with Crippen molar-refractivity contribution in [1.29, 1.82) is 0 Å². The standard InChI is InChI=1S/C10H13NO2/c1-10(2,11-7-12)8-5-3-4-6-9(8)13/h3-7,13H,1-2H3,(H,11,12). The highest BCUT2D eigenvalue weighted by Crippen LogP contribution is 2.27. The van der Waals surface area contributed by atoms with Crippen molar-refractivity contribution in [2.45, 2.75) is 19.4 Å². The Kier molecular flexibility index (Phi) is 2.56. The van der Waals surface area contributed by atoms with Crippen LogP contribution in [0.4, 0.5) is 0 Å². The number of carbonyl (C=O) groups is 1. The van der Waals surface area contributed by atoms with Crippen LogP contribution in [0.3, 0.4) is 0 Å². The molecule has 1 aromatic rings. The molecule has 0 aliphatic heterocycles. The Labute approximate surface area is 77.4 Å². The number of carbonyl (C=O) groups excluding carboxylic acids is 1. The van der Waals surface area contributed by atoms with Crippen LogP contribution in [-0.2, 0) is 10.3 Å². The quantitative estimate of drug-likeness (QED) is 0.688. The van der Waals surface area contributed by atoms with Crippen LogP contribution in [0, 0.1) is 0 Å². The van der Waals surface area contributed by atoms with E-state index in [2.05, 4.69) is 5.32 Å². The molecule has 2 N–H and O–H groups in total. The lowest BCUT2D eigenvalue weighted by Crippen LogP contribution is -2.35. The van der Waals surface area contributed by atoms with Gasteiger partial charge in [-0.15, -0.1) is 0 Å². The van der Waals surface area contributed by atoms with Crippen molar-refractivity contribution >= 4 is 6.41 Å². The summed E-state index contributed by atoms with van der Waals surface area (Å²) in [4.78, 5) is 10.3. The highest BCUT2D eigenvalue weighted by atomic mass is 16.3. The Hall–Kier alpha value is -1.51. The summed E-state index contributed by atoms with van der Waals surface area (Å²) in [5.41, 5.74) is 0.176. The van der Waals surface area contributed by atoms with Gasteiger partial charge in [-0.05, 0) is 19.9 Å². The van der Waals surface area contributed by atoms with E-state index < -0.39 is 5.54 Å². The highest BCUT2D eigenvalue weighted by molar-refractivity contribution is 5.50. The van der Waals surface area contributed by atoms with E-state index in [0.29, 0.717) is 12.0 Å². The molecule has 0 aromatic heterocycles. The van der Waals surface area contributed by atoms with Gasteiger partial charge >= 0.3 is 0 Å². The lowest BCUT2D eigenvalue weighted by molar-refractivity contribution is -0.111. The number of aromatic hydroxyl groups is 1. The summed E-state index contributed by atoms with van der Waals surface area (Å²) >= 11 is 0. The third kappa shape index (κ3) is 1.99. The van der Waals surface area contributed by atoms with E-state index in [0.717, 1.165) is 0 Å². The third-order valence-corrected chi connectivity index (χ3v) is 2.00. The summed E-state index contributed by atoms with van der Waals surface area (Å²) < 4.78 is 0. The Morgan fingerprint density at radius 3 is 2.54 bits per heavy atom. The molecule has 0 fully saturated rings. The maximum absolute atomic E-state index is 10.3. The molecule has 3 nitrogen and oxygen atoms in total. The third-order valence-electron chi connectivity index (χ3n) is 2.00. The minimum atomic E-state index is -0.535. The van der Waals surface area contributed by atoms with Crippen molar-refractivity contribution < 1.29 is 9.90 Å². The fourth-order valence-electron chi connectivity index (χ4n) is 1.23. The minimum absolute atomic E-state index is 0.196. The number of benzene rings is 1. The number of amides is 1. The van der Waals surface area contributed by atoms with Crippen LogP contribution in [0.15, 0.2) is 24.3 Å². The van der Waals surface area contributed by atoms with Gasteiger partial charge in [0.05, 0.1) is 5.54 Å². The van der Waals surface area contributed by atoms with Gasteiger partial charge in [0.25, 0.3) is 0 Å². The zero-order valence-electron chi connectivity index (χ0n) is 7.74. The van der Waals surface area contributed by atoms with Crippen LogP contribution >= 0.6 is 0 Å². The molecule has 13 heavy (non-hydrogen) atoms. The fourth-order valence-corrected chi connectivity index (χ4v) is 1.23. The van der Waals surface area contributed by atoms with Crippen molar-refractivity contribution in [3.63, 3.8) is 0 Å². The second-order valence-corrected chi connectivity index (χ2v) is 3.40. The molecular weight excluding hydrogens is 166 g/mol. The fraction of sp³-hybridized carbons (Fsp3) is 0.300. The molecule has 0 saturated carbocycles. The van der Waals surface area contributed by atoms with Crippen molar-refractivity contribution in [2.24, 2.45) is 0 Å². The van der Waals surface area contributed by atoms with Crippen LogP contribution < -0.4 is 5.32 Å². The van der Waals surface area contributed by atoms with Crippen LogP contribution in [0.25, 0.3) is 0 Å². The molecule has 1 aromatic carbocycles. The second-order valence-electron chi connectivity index (χ2n) is 3.40. The molecule has 1 amide bonds. The van der Waals surface area contributed by atoms with E-state index in [9.17, 15) is 9.90 Å². The summed E-state index contributed by atoms with van der Waals surface area (Å²) in [6.07, 6.45) is 0.631. The summed E-state index contributed by atoms with van der Waals surface area (Å²) in [5, 5.41) is 12.2. The monoisotopic (exact) mass is 179 g/mol. The Balaban J connectivity index is 3.06. The first-order chi connectivity index (χ1) is 6.08. The van der Waals surface area contributed by atoms with Gasteiger partial charge in [-0.2, -0.15) is 0 Å². The van der Waals surface area contributed by atoms with E-state index in [1.807, 2.05) is 19.9 Å². The zero-order valence-corrected chi connectivity index (χ0v) is 7.74. The predicted molar refractivity (Wildman–Crippen MR) is 50.3 cm³/mol. The molecule has 0 atom stereocenters. The first-order valence-corrected chi connectivity index (χ1v) is 4.08. The summed E-state index contributed by atoms with van der Waals surface area (Å²) in [7, 11) is 0. The van der Waals surface area contributed by atoms with Crippen LogP contribution in [0.5, 0.6) is 5.75 Å². The molecule has 0 radical (unpaired) electrons. The number of phenolic OH excluding ortho intramolecular Hbond substituents is 1. The Morgan fingerprint density at radius 1 is 1.38 bits per heavy atom. The average Bonchev–Trinajstić information content (AvgIpc) is 2.04. The van der Waals surface area contributed by atoms with Gasteiger partial charge in [-0.25, -0.2) is 0 Å². The lowest BCUT2D eigenvalue weighted by Gasteiger charge is -2.25. The topological polar surface area (TPSA) is 49.3 Å². The van der Waals surface area contributed by atoms with Gasteiger partial charge in [-0.3, -0.25) is 4.79 Å². The molecule has 70 valence electrons. The normalized spacial score (nSPS) is 10.9. The molecule has 0 aliphatic carbocycles. The molecule has 0 unspecified atom stereocenters. The van der Waals surface area contributed by atoms with E-state index in [1.54, 1.807) is 18.2 Å². The maximum Gasteiger partial charge on any atom is 0.207 e. The average molecular weight is 179 g/mol. The van der Waals surface area contributed by atoms with Gasteiger partial charge < -0.3 is 10.4 Å². The van der Waals surface area contributed by atoms with Crippen LogP contribution in [0.2, 0.25) is 0 Å². The van der Waals surface area contributed by atoms with E-state index in [4.69, 9.17) is 0 Å². The number of phenols is 1. The van der Waals surface area contributed by atoms with Gasteiger partial charge in [0.15, 0.2) is 0 Å². The van der Waals surface area contributed by atoms with E-state index in [1.165, 1.54) is 0 Å². The zero-order chi connectivity index (χ0) is 9.90. The molecular formula is C10H13NO2. The minimum Gasteiger partial charge on any atom is -0.508 e. The molecule has 3 heteroatoms. The Morgan fingerprint density at radius 2 is 2.00 bits per heavy atom. The molecule has 0 aliphatic rings. The van der Waals surface area contributed by atoms with Crippen molar-refractivity contribution in [3.05, 3.63) is 29.8 Å². The maximum atomic E-state index is 10.3. The SMILES string of the molecule is CC(C)(NC=O)c1ccccc1O. The largest absolute Gasteiger partial charge is 0.508 e. The summed E-state index contributed by atoms with van der Waals surface area (Å²) in [6, 6.07) is 6.95. The molecule has 0 spiro atoms. The van der Waals surface area contributed by atoms with Crippen LogP contribution in [-0.4, -0.2) is 11.5 Å². The van der Waals surface area contributed by atoms with Gasteiger partial charge in [0.1, 0.15) is 5.75 Å². The molecule has 0 saturated heterocycles. The number of hydrogen-bond donors (Lipinski definition) is 2. The number of hydrogen-bond acceptors (Lipinski definition) is 2. The van der Waals surface area contributed by atoms with Gasteiger partial charge in [0.2, 0.25) is 6.41 Å². The van der Waals surface area contributed by atoms with Gasteiger partial charge in [-0.1, -0.05) is 18.2 Å². The first kappa shape index (κ1) is 9.58. The second kappa shape index (κ2) is 3.47. The predicted octanol–water partition coefficient (Wildman–Crippen LogP) is 1.37. The smallest absolute Gasteiger partial charge is 0.207 e. The number of rotatable bonds is 3. The van der Waals surface area contributed by atoms with Crippen molar-refractivity contribution in [1.82, 2.24) is 5.32 Å². The van der Waals surface area contributed by atoms with E-state index in [-0.39, 0.29) is 5.75 Å². The van der Waals surface area contributed by atoms with Crippen molar-refractivity contribution in [2.75, 3.05) is 0 Å². The lowest BCUT2D eigenvalue weighted by atomic mass is 9.94. The molecule has 1 rings (SSSR count). The van der Waals surface area contributed by atoms with E-state index >= 15 is 0 Å². The summed E-state index contributed by atoms with van der Waals surface area (Å²) in [5.74, 6) is 0.196. The molecule has 0 bridgehead atoms.